The number of benzene rings is 1. The van der Waals surface area contributed by atoms with E-state index in [0.717, 1.165) is 57.1 Å². The molecular weight excluding hydrogens is 352 g/mol. The summed E-state index contributed by atoms with van der Waals surface area (Å²) in [6, 6.07) is 2.14. The maximum atomic E-state index is 12.1. The topological polar surface area (TPSA) is 77.8 Å². The van der Waals surface area contributed by atoms with Crippen LogP contribution in [0.3, 0.4) is 0 Å². The van der Waals surface area contributed by atoms with E-state index in [4.69, 9.17) is 0 Å². The molecule has 0 saturated carbocycles. The van der Waals surface area contributed by atoms with E-state index in [2.05, 4.69) is 31.2 Å². The molecule has 0 amide bonds. The zero-order valence-corrected chi connectivity index (χ0v) is 17.2. The fourth-order valence-electron chi connectivity index (χ4n) is 3.11. The second kappa shape index (κ2) is 14.8. The minimum Gasteiger partial charge on any atom is -0.508 e. The van der Waals surface area contributed by atoms with Crippen molar-refractivity contribution in [2.24, 2.45) is 0 Å². The van der Waals surface area contributed by atoms with Crippen LogP contribution in [0.2, 0.25) is 0 Å². The average molecular weight is 389 g/mol. The summed E-state index contributed by atoms with van der Waals surface area (Å²) in [5.74, 6) is -1.29. The van der Waals surface area contributed by atoms with Crippen molar-refractivity contribution in [2.45, 2.75) is 84.0 Å². The van der Waals surface area contributed by atoms with Crippen molar-refractivity contribution in [3.63, 3.8) is 0 Å². The Bertz CT molecular complexity index is 608. The highest BCUT2D eigenvalue weighted by Gasteiger charge is 2.17. The molecule has 0 atom stereocenters. The lowest BCUT2D eigenvalue weighted by atomic mass is 10.0. The molecule has 0 heterocycles. The van der Waals surface area contributed by atoms with E-state index >= 15 is 0 Å². The van der Waals surface area contributed by atoms with E-state index < -0.39 is 0 Å². The minimum atomic E-state index is -0.370. The average Bonchev–Trinajstić information content (AvgIpc) is 2.64. The van der Waals surface area contributed by atoms with Crippen LogP contribution in [0.25, 0.3) is 0 Å². The first-order chi connectivity index (χ1) is 13.6. The second-order valence-electron chi connectivity index (χ2n) is 7.26. The molecule has 4 heteroatoms. The molecule has 1 aromatic rings. The lowest BCUT2D eigenvalue weighted by molar-refractivity contribution is 0.0973. The zero-order valence-electron chi connectivity index (χ0n) is 17.2. The van der Waals surface area contributed by atoms with Crippen LogP contribution in [-0.2, 0) is 0 Å². The van der Waals surface area contributed by atoms with Crippen molar-refractivity contribution in [3.8, 4) is 17.2 Å². The highest BCUT2D eigenvalue weighted by molar-refractivity contribution is 6.01. The SMILES string of the molecule is CCCCC/C=C\C/C=C\CCCCCCCC(=O)c1c(O)cc(O)cc1O. The van der Waals surface area contributed by atoms with Crippen molar-refractivity contribution in [1.29, 1.82) is 0 Å². The normalized spacial score (nSPS) is 11.6. The number of hydrogen-bond donors (Lipinski definition) is 3. The Morgan fingerprint density at radius 1 is 0.786 bits per heavy atom. The van der Waals surface area contributed by atoms with Gasteiger partial charge in [0, 0.05) is 18.6 Å². The standard InChI is InChI=1S/C24H36O4/c1-2-3-4-5-6-7-8-9-10-11-12-13-14-15-16-17-21(26)24-22(27)18-20(25)19-23(24)28/h6-7,9-10,18-19,25,27-28H,2-5,8,11-17H2,1H3/b7-6-,10-9-. The Labute approximate surface area is 169 Å². The summed E-state index contributed by atoms with van der Waals surface area (Å²) < 4.78 is 0. The number of carbonyl (C=O) groups excluding carboxylic acids is 1. The molecule has 3 N–H and O–H groups in total. The quantitative estimate of drug-likeness (QED) is 0.175. The predicted octanol–water partition coefficient (Wildman–Crippen LogP) is 6.80. The Morgan fingerprint density at radius 2 is 1.32 bits per heavy atom. The van der Waals surface area contributed by atoms with Crippen LogP contribution < -0.4 is 0 Å². The van der Waals surface area contributed by atoms with Crippen molar-refractivity contribution in [2.75, 3.05) is 0 Å². The van der Waals surface area contributed by atoms with Gasteiger partial charge in [0.15, 0.2) is 5.78 Å². The molecule has 0 saturated heterocycles. The minimum absolute atomic E-state index is 0.0950. The van der Waals surface area contributed by atoms with Gasteiger partial charge in [-0.15, -0.1) is 0 Å². The monoisotopic (exact) mass is 388 g/mol. The summed E-state index contributed by atoms with van der Waals surface area (Å²) in [6.07, 6.45) is 21.5. The van der Waals surface area contributed by atoms with Crippen LogP contribution in [0.4, 0.5) is 0 Å². The molecule has 0 aliphatic carbocycles. The van der Waals surface area contributed by atoms with E-state index in [-0.39, 0.29) is 35.0 Å². The third kappa shape index (κ3) is 10.2. The molecule has 1 aromatic carbocycles. The molecule has 28 heavy (non-hydrogen) atoms. The summed E-state index contributed by atoms with van der Waals surface area (Å²) in [6.45, 7) is 2.22. The number of allylic oxidation sites excluding steroid dienone is 4. The van der Waals surface area contributed by atoms with Crippen molar-refractivity contribution in [3.05, 3.63) is 42.0 Å². The van der Waals surface area contributed by atoms with Crippen molar-refractivity contribution >= 4 is 5.78 Å². The first-order valence-electron chi connectivity index (χ1n) is 10.6. The number of phenolic OH excluding ortho intramolecular Hbond substituents is 3. The fraction of sp³-hybridized carbons (Fsp3) is 0.542. The van der Waals surface area contributed by atoms with Gasteiger partial charge < -0.3 is 15.3 Å². The number of rotatable bonds is 15. The number of aromatic hydroxyl groups is 3. The summed E-state index contributed by atoms with van der Waals surface area (Å²) in [5.41, 5.74) is -0.0950. The number of unbranched alkanes of at least 4 members (excludes halogenated alkanes) is 8. The van der Waals surface area contributed by atoms with Crippen LogP contribution >= 0.6 is 0 Å². The summed E-state index contributed by atoms with van der Waals surface area (Å²) in [7, 11) is 0. The first kappa shape index (κ1) is 23.8. The summed E-state index contributed by atoms with van der Waals surface area (Å²) in [5, 5.41) is 28.7. The van der Waals surface area contributed by atoms with Gasteiger partial charge in [0.25, 0.3) is 0 Å². The van der Waals surface area contributed by atoms with E-state index in [0.29, 0.717) is 0 Å². The number of Topliss-reactive ketones (excluding diaryl/α,β-unsaturated/α-hetero) is 1. The van der Waals surface area contributed by atoms with Gasteiger partial charge in [-0.3, -0.25) is 4.79 Å². The Balaban J connectivity index is 2.05. The molecule has 0 bridgehead atoms. The third-order valence-electron chi connectivity index (χ3n) is 4.71. The third-order valence-corrected chi connectivity index (χ3v) is 4.71. The Morgan fingerprint density at radius 3 is 1.93 bits per heavy atom. The van der Waals surface area contributed by atoms with E-state index in [1.54, 1.807) is 0 Å². The lowest BCUT2D eigenvalue weighted by Gasteiger charge is -2.07. The van der Waals surface area contributed by atoms with Crippen LogP contribution in [0.15, 0.2) is 36.4 Å². The molecule has 1 rings (SSSR count). The number of hydrogen-bond acceptors (Lipinski definition) is 4. The van der Waals surface area contributed by atoms with Crippen LogP contribution in [-0.4, -0.2) is 21.1 Å². The summed E-state index contributed by atoms with van der Waals surface area (Å²) >= 11 is 0. The summed E-state index contributed by atoms with van der Waals surface area (Å²) in [4.78, 5) is 12.1. The predicted molar refractivity (Wildman–Crippen MR) is 115 cm³/mol. The van der Waals surface area contributed by atoms with Gasteiger partial charge in [0.05, 0.1) is 0 Å². The smallest absolute Gasteiger partial charge is 0.170 e. The van der Waals surface area contributed by atoms with Crippen molar-refractivity contribution in [1.82, 2.24) is 0 Å². The molecule has 0 unspecified atom stereocenters. The van der Waals surface area contributed by atoms with Gasteiger partial charge in [0.2, 0.25) is 0 Å². The van der Waals surface area contributed by atoms with Crippen LogP contribution in [0.5, 0.6) is 17.2 Å². The molecule has 0 spiro atoms. The largest absolute Gasteiger partial charge is 0.508 e. The van der Waals surface area contributed by atoms with Gasteiger partial charge in [-0.05, 0) is 38.5 Å². The van der Waals surface area contributed by atoms with E-state index in [1.807, 2.05) is 0 Å². The Hall–Kier alpha value is -2.23. The molecule has 0 aliphatic rings. The van der Waals surface area contributed by atoms with Gasteiger partial charge in [-0.25, -0.2) is 0 Å². The Kier molecular flexibility index (Phi) is 12.6. The molecule has 4 nitrogen and oxygen atoms in total. The maximum Gasteiger partial charge on any atom is 0.170 e. The fourth-order valence-corrected chi connectivity index (χ4v) is 3.11. The molecule has 0 radical (unpaired) electrons. The second-order valence-corrected chi connectivity index (χ2v) is 7.26. The van der Waals surface area contributed by atoms with E-state index in [1.165, 1.54) is 25.7 Å². The first-order valence-corrected chi connectivity index (χ1v) is 10.6. The molecular formula is C24H36O4. The van der Waals surface area contributed by atoms with Crippen LogP contribution in [0.1, 0.15) is 94.3 Å². The van der Waals surface area contributed by atoms with Gasteiger partial charge in [-0.1, -0.05) is 63.3 Å². The number of ketones is 1. The van der Waals surface area contributed by atoms with Crippen molar-refractivity contribution < 1.29 is 20.1 Å². The lowest BCUT2D eigenvalue weighted by Crippen LogP contribution is -2.00. The van der Waals surface area contributed by atoms with E-state index in [9.17, 15) is 20.1 Å². The molecule has 156 valence electrons. The highest BCUT2D eigenvalue weighted by atomic mass is 16.3. The number of carbonyl (C=O) groups is 1. The molecule has 0 aromatic heterocycles. The zero-order chi connectivity index (χ0) is 20.6. The van der Waals surface area contributed by atoms with Gasteiger partial charge >= 0.3 is 0 Å². The van der Waals surface area contributed by atoms with Gasteiger partial charge in [-0.2, -0.15) is 0 Å². The molecule has 0 aliphatic heterocycles. The highest BCUT2D eigenvalue weighted by Crippen LogP contribution is 2.33. The van der Waals surface area contributed by atoms with Gasteiger partial charge in [0.1, 0.15) is 22.8 Å². The van der Waals surface area contributed by atoms with Crippen LogP contribution in [0, 0.1) is 0 Å². The number of phenols is 3. The molecule has 0 fully saturated rings. The maximum absolute atomic E-state index is 12.1.